The predicted octanol–water partition coefficient (Wildman–Crippen LogP) is 2.15. The molecule has 130 valence electrons. The number of piperidine rings is 1. The molecule has 2 heterocycles. The number of hydrogen-bond donors (Lipinski definition) is 0. The fourth-order valence-electron chi connectivity index (χ4n) is 3.69. The minimum atomic E-state index is 0.361. The highest BCUT2D eigenvalue weighted by atomic mass is 16.5. The van der Waals surface area contributed by atoms with E-state index in [-0.39, 0.29) is 0 Å². The summed E-state index contributed by atoms with van der Waals surface area (Å²) in [5, 5.41) is 0. The van der Waals surface area contributed by atoms with E-state index in [1.165, 1.54) is 71.6 Å². The lowest BCUT2D eigenvalue weighted by atomic mass is 9.96. The molecule has 2 aliphatic heterocycles. The quantitative estimate of drug-likeness (QED) is 0.684. The van der Waals surface area contributed by atoms with Gasteiger partial charge in [0.25, 0.3) is 0 Å². The van der Waals surface area contributed by atoms with Gasteiger partial charge in [-0.2, -0.15) is 0 Å². The second-order valence-electron chi connectivity index (χ2n) is 7.35. The Bertz CT molecular complexity index is 282. The Labute approximate surface area is 137 Å². The van der Waals surface area contributed by atoms with E-state index >= 15 is 0 Å². The second-order valence-corrected chi connectivity index (χ2v) is 7.35. The van der Waals surface area contributed by atoms with Crippen LogP contribution in [0.15, 0.2) is 0 Å². The van der Waals surface area contributed by atoms with Crippen molar-refractivity contribution in [2.75, 3.05) is 65.5 Å². The molecule has 0 spiro atoms. The third-order valence-electron chi connectivity index (χ3n) is 5.09. The molecule has 2 saturated heterocycles. The molecule has 4 heteroatoms. The van der Waals surface area contributed by atoms with E-state index in [2.05, 4.69) is 35.5 Å². The predicted molar refractivity (Wildman–Crippen MR) is 93.4 cm³/mol. The van der Waals surface area contributed by atoms with Crippen molar-refractivity contribution < 1.29 is 4.74 Å². The molecule has 0 bridgehead atoms. The van der Waals surface area contributed by atoms with Gasteiger partial charge in [0.2, 0.25) is 0 Å². The van der Waals surface area contributed by atoms with Crippen molar-refractivity contribution in [3.63, 3.8) is 0 Å². The van der Waals surface area contributed by atoms with Crippen LogP contribution in [0.25, 0.3) is 0 Å². The van der Waals surface area contributed by atoms with Gasteiger partial charge in [-0.25, -0.2) is 0 Å². The van der Waals surface area contributed by atoms with E-state index < -0.39 is 0 Å². The first-order valence-corrected chi connectivity index (χ1v) is 9.46. The van der Waals surface area contributed by atoms with Gasteiger partial charge in [-0.05, 0) is 58.7 Å². The molecule has 0 aromatic carbocycles. The monoisotopic (exact) mass is 311 g/mol. The van der Waals surface area contributed by atoms with Gasteiger partial charge in [-0.3, -0.25) is 4.90 Å². The highest BCUT2D eigenvalue weighted by Crippen LogP contribution is 2.19. The van der Waals surface area contributed by atoms with Gasteiger partial charge in [0.1, 0.15) is 0 Å². The molecule has 0 N–H and O–H groups in total. The van der Waals surface area contributed by atoms with Gasteiger partial charge in [-0.15, -0.1) is 0 Å². The molecule has 2 fully saturated rings. The van der Waals surface area contributed by atoms with Crippen molar-refractivity contribution >= 4 is 0 Å². The Kier molecular flexibility index (Phi) is 8.15. The lowest BCUT2D eigenvalue weighted by Crippen LogP contribution is -2.49. The van der Waals surface area contributed by atoms with Crippen molar-refractivity contribution in [2.24, 2.45) is 5.92 Å². The van der Waals surface area contributed by atoms with Gasteiger partial charge >= 0.3 is 0 Å². The molecule has 0 atom stereocenters. The topological polar surface area (TPSA) is 19.0 Å². The van der Waals surface area contributed by atoms with Crippen LogP contribution in [0.1, 0.15) is 40.0 Å². The molecular weight excluding hydrogens is 274 g/mol. The lowest BCUT2D eigenvalue weighted by Gasteiger charge is -2.38. The van der Waals surface area contributed by atoms with E-state index in [0.29, 0.717) is 6.10 Å². The van der Waals surface area contributed by atoms with E-state index in [9.17, 15) is 0 Å². The fraction of sp³-hybridized carbons (Fsp3) is 1.00. The molecule has 4 nitrogen and oxygen atoms in total. The summed E-state index contributed by atoms with van der Waals surface area (Å²) in [5.41, 5.74) is 0. The number of piperazine rings is 1. The SMILES string of the molecule is CCCN1CCC(CN2CCN(CCOC(C)C)CC2)CC1. The minimum Gasteiger partial charge on any atom is -0.377 e. The fourth-order valence-corrected chi connectivity index (χ4v) is 3.69. The van der Waals surface area contributed by atoms with E-state index in [1.807, 2.05) is 0 Å². The molecule has 0 radical (unpaired) electrons. The summed E-state index contributed by atoms with van der Waals surface area (Å²) in [5.74, 6) is 0.934. The maximum absolute atomic E-state index is 5.66. The molecule has 0 amide bonds. The van der Waals surface area contributed by atoms with Crippen molar-refractivity contribution in [3.8, 4) is 0 Å². The first-order chi connectivity index (χ1) is 10.7. The summed E-state index contributed by atoms with van der Waals surface area (Å²) in [6.45, 7) is 18.7. The highest BCUT2D eigenvalue weighted by Gasteiger charge is 2.23. The Morgan fingerprint density at radius 2 is 1.45 bits per heavy atom. The zero-order chi connectivity index (χ0) is 15.8. The Morgan fingerprint density at radius 3 is 2.05 bits per heavy atom. The maximum atomic E-state index is 5.66. The van der Waals surface area contributed by atoms with Gasteiger partial charge < -0.3 is 14.5 Å². The summed E-state index contributed by atoms with van der Waals surface area (Å²) >= 11 is 0. The summed E-state index contributed by atoms with van der Waals surface area (Å²) in [7, 11) is 0. The highest BCUT2D eigenvalue weighted by molar-refractivity contribution is 4.78. The molecule has 2 aliphatic rings. The zero-order valence-corrected chi connectivity index (χ0v) is 15.1. The molecule has 0 saturated carbocycles. The van der Waals surface area contributed by atoms with Gasteiger partial charge in [-0.1, -0.05) is 6.92 Å². The normalized spacial score (nSPS) is 23.5. The Balaban J connectivity index is 1.56. The lowest BCUT2D eigenvalue weighted by molar-refractivity contribution is 0.0401. The number of likely N-dealkylation sites (tertiary alicyclic amines) is 1. The van der Waals surface area contributed by atoms with Crippen molar-refractivity contribution in [3.05, 3.63) is 0 Å². The second kappa shape index (κ2) is 9.86. The summed E-state index contributed by atoms with van der Waals surface area (Å²) in [6.07, 6.45) is 4.47. The summed E-state index contributed by atoms with van der Waals surface area (Å²) < 4.78 is 5.66. The van der Waals surface area contributed by atoms with Crippen molar-refractivity contribution in [1.29, 1.82) is 0 Å². The van der Waals surface area contributed by atoms with Crippen LogP contribution in [-0.4, -0.2) is 86.3 Å². The molecule has 0 aromatic heterocycles. The third kappa shape index (κ3) is 6.53. The standard InChI is InChI=1S/C18H37N3O/c1-4-7-19-8-5-18(6-9-19)16-21-12-10-20(11-13-21)14-15-22-17(2)3/h17-18H,4-16H2,1-3H3. The zero-order valence-electron chi connectivity index (χ0n) is 15.1. The molecule has 0 aliphatic carbocycles. The third-order valence-corrected chi connectivity index (χ3v) is 5.09. The number of nitrogens with zero attached hydrogens (tertiary/aromatic N) is 3. The van der Waals surface area contributed by atoms with Crippen LogP contribution >= 0.6 is 0 Å². The molecule has 0 aromatic rings. The van der Waals surface area contributed by atoms with Crippen molar-refractivity contribution in [2.45, 2.75) is 46.1 Å². The largest absolute Gasteiger partial charge is 0.377 e. The molecule has 0 unspecified atom stereocenters. The molecule has 22 heavy (non-hydrogen) atoms. The average Bonchev–Trinajstić information content (AvgIpc) is 2.51. The summed E-state index contributed by atoms with van der Waals surface area (Å²) in [4.78, 5) is 7.89. The van der Waals surface area contributed by atoms with Gasteiger partial charge in [0.15, 0.2) is 0 Å². The van der Waals surface area contributed by atoms with Gasteiger partial charge in [0.05, 0.1) is 12.7 Å². The summed E-state index contributed by atoms with van der Waals surface area (Å²) in [6, 6.07) is 0. The number of rotatable bonds is 8. The first-order valence-electron chi connectivity index (χ1n) is 9.46. The minimum absolute atomic E-state index is 0.361. The van der Waals surface area contributed by atoms with Crippen LogP contribution in [0, 0.1) is 5.92 Å². The number of ether oxygens (including phenoxy) is 1. The van der Waals surface area contributed by atoms with E-state index in [4.69, 9.17) is 4.74 Å². The molecular formula is C18H37N3O. The van der Waals surface area contributed by atoms with Crippen LogP contribution in [0.5, 0.6) is 0 Å². The maximum Gasteiger partial charge on any atom is 0.0596 e. The van der Waals surface area contributed by atoms with Crippen LogP contribution in [0.2, 0.25) is 0 Å². The van der Waals surface area contributed by atoms with Gasteiger partial charge in [0, 0.05) is 39.3 Å². The Morgan fingerprint density at radius 1 is 0.864 bits per heavy atom. The smallest absolute Gasteiger partial charge is 0.0596 e. The van der Waals surface area contributed by atoms with E-state index in [1.54, 1.807) is 0 Å². The van der Waals surface area contributed by atoms with Crippen molar-refractivity contribution in [1.82, 2.24) is 14.7 Å². The van der Waals surface area contributed by atoms with Crippen LogP contribution in [-0.2, 0) is 4.74 Å². The van der Waals surface area contributed by atoms with Crippen LogP contribution in [0.3, 0.4) is 0 Å². The first kappa shape index (κ1) is 18.2. The van der Waals surface area contributed by atoms with Crippen LogP contribution < -0.4 is 0 Å². The number of hydrogen-bond acceptors (Lipinski definition) is 4. The van der Waals surface area contributed by atoms with Crippen LogP contribution in [0.4, 0.5) is 0 Å². The molecule has 2 rings (SSSR count). The van der Waals surface area contributed by atoms with E-state index in [0.717, 1.165) is 19.1 Å². The average molecular weight is 312 g/mol. The Hall–Kier alpha value is -0.160.